The zero-order valence-electron chi connectivity index (χ0n) is 63.4. The summed E-state index contributed by atoms with van der Waals surface area (Å²) in [6.45, 7) is 14.1. The summed E-state index contributed by atoms with van der Waals surface area (Å²) in [6.07, 6.45) is 59.9. The summed E-state index contributed by atoms with van der Waals surface area (Å²) in [5, 5.41) is 0. The average molecular weight is 1480 g/mol. The van der Waals surface area contributed by atoms with Gasteiger partial charge in [-0.05, 0) is 0 Å². The van der Waals surface area contributed by atoms with Gasteiger partial charge in [-0.3, -0.25) is 0 Å². The number of hydrogen-bond donors (Lipinski definition) is 4. The molecule has 0 bridgehead atoms. The Bertz CT molecular complexity index is 3580. The van der Waals surface area contributed by atoms with Crippen molar-refractivity contribution in [1.29, 1.82) is 0 Å². The number of unbranched alkanes of at least 4 members (excludes halogenated alkanes) is 26. The molecule has 4 N–H and O–H groups in total. The fourth-order valence-corrected chi connectivity index (χ4v) is 23.7. The molecule has 7 aliphatic rings. The van der Waals surface area contributed by atoms with Gasteiger partial charge < -0.3 is 0 Å². The van der Waals surface area contributed by atoms with E-state index in [1.54, 1.807) is 33.4 Å². The third kappa shape index (κ3) is 15.7. The van der Waals surface area contributed by atoms with Gasteiger partial charge in [0.15, 0.2) is 0 Å². The van der Waals surface area contributed by atoms with Crippen molar-refractivity contribution < 1.29 is 0 Å². The summed E-state index contributed by atoms with van der Waals surface area (Å²) in [5.74, 6) is 0. The first-order valence-electron chi connectivity index (χ1n) is 41.8. The molecule has 4 nitrogen and oxygen atoms in total. The van der Waals surface area contributed by atoms with E-state index < -0.39 is 0 Å². The number of hydrogen-bond acceptors (Lipinski definition) is 4. The number of benzene rings is 6. The van der Waals surface area contributed by atoms with E-state index in [-0.39, 0.29) is 71.2 Å². The maximum atomic E-state index is 4.13. The molecule has 0 saturated carbocycles. The van der Waals surface area contributed by atoms with Crippen LogP contribution in [0, 0.1) is 0 Å². The molecular weight excluding hydrogens is 1350 g/mol. The first-order chi connectivity index (χ1) is 49.9. The van der Waals surface area contributed by atoms with Crippen LogP contribution in [0.2, 0.25) is 0 Å². The van der Waals surface area contributed by atoms with Crippen LogP contribution >= 0.6 is 0 Å². The van der Waals surface area contributed by atoms with Crippen LogP contribution in [-0.4, -0.2) is 55.0 Å². The van der Waals surface area contributed by atoms with Gasteiger partial charge in [-0.1, -0.05) is 92.9 Å². The Kier molecular flexibility index (Phi) is 26.5. The second-order valence-electron chi connectivity index (χ2n) is 32.1. The maximum absolute atomic E-state index is 4.13. The number of rotatable bonds is 42. The molecule has 0 radical (unpaired) electrons. The van der Waals surface area contributed by atoms with Crippen molar-refractivity contribution >= 4 is 53.1 Å². The average Bonchev–Trinajstić information content (AvgIpc) is 1.58. The van der Waals surface area contributed by atoms with Gasteiger partial charge in [0.25, 0.3) is 0 Å². The van der Waals surface area contributed by atoms with Crippen LogP contribution in [0.25, 0.3) is 55.7 Å². The van der Waals surface area contributed by atoms with Gasteiger partial charge in [-0.25, -0.2) is 0 Å². The van der Waals surface area contributed by atoms with Gasteiger partial charge in [-0.2, -0.15) is 0 Å². The van der Waals surface area contributed by atoms with Gasteiger partial charge in [0, 0.05) is 0 Å². The molecule has 5 aliphatic carbocycles. The van der Waals surface area contributed by atoms with Crippen molar-refractivity contribution in [3.8, 4) is 33.4 Å². The molecule has 2 saturated heterocycles. The monoisotopic (exact) mass is 1480 g/mol. The topological polar surface area (TPSA) is 48.1 Å². The molecular formula is C95H126N4Se2. The van der Waals surface area contributed by atoms with Gasteiger partial charge >= 0.3 is 538 Å². The van der Waals surface area contributed by atoms with E-state index in [4.69, 9.17) is 0 Å². The quantitative estimate of drug-likeness (QED) is 0.0228. The van der Waals surface area contributed by atoms with Crippen molar-refractivity contribution in [2.45, 2.75) is 326 Å². The second kappa shape index (κ2) is 36.0. The van der Waals surface area contributed by atoms with Crippen molar-refractivity contribution in [2.75, 3.05) is 0 Å². The van der Waals surface area contributed by atoms with E-state index in [0.717, 1.165) is 0 Å². The minimum absolute atomic E-state index is 0.0565. The summed E-state index contributed by atoms with van der Waals surface area (Å²) in [7, 11) is 0. The number of nitrogens with one attached hydrogen (secondary N) is 4. The molecule has 538 valence electrons. The van der Waals surface area contributed by atoms with Crippen LogP contribution in [0.5, 0.6) is 0 Å². The zero-order chi connectivity index (χ0) is 69.4. The van der Waals surface area contributed by atoms with E-state index >= 15 is 0 Å². The van der Waals surface area contributed by atoms with Crippen LogP contribution < -0.4 is 17.3 Å². The van der Waals surface area contributed by atoms with Crippen LogP contribution in [0.15, 0.2) is 146 Å². The number of allylic oxidation sites excluding steroid dienone is 4. The van der Waals surface area contributed by atoms with E-state index in [0.29, 0.717) is 0 Å². The molecule has 2 fully saturated rings. The molecule has 4 unspecified atom stereocenters. The predicted octanol–water partition coefficient (Wildman–Crippen LogP) is 25.3. The molecule has 13 rings (SSSR count). The molecule has 2 heterocycles. The minimum atomic E-state index is -0.0565. The van der Waals surface area contributed by atoms with Gasteiger partial charge in [0.2, 0.25) is 0 Å². The van der Waals surface area contributed by atoms with Crippen molar-refractivity contribution in [3.63, 3.8) is 0 Å². The Labute approximate surface area is 626 Å². The molecule has 101 heavy (non-hydrogen) atoms. The third-order valence-corrected chi connectivity index (χ3v) is 28.7. The first-order valence-corrected chi connectivity index (χ1v) is 45.3. The fraction of sp³-hybridized carbons (Fsp3) is 0.537. The zero-order valence-corrected chi connectivity index (χ0v) is 66.8. The Morgan fingerprint density at radius 2 is 0.446 bits per heavy atom. The molecule has 0 spiro atoms. The van der Waals surface area contributed by atoms with E-state index in [2.05, 4.69) is 205 Å². The van der Waals surface area contributed by atoms with Crippen LogP contribution in [-0.2, 0) is 16.2 Å². The second-order valence-corrected chi connectivity index (χ2v) is 35.0. The Balaban J connectivity index is 0.839. The summed E-state index contributed by atoms with van der Waals surface area (Å²) in [6, 6.07) is 51.1. The van der Waals surface area contributed by atoms with Crippen molar-refractivity contribution in [3.05, 3.63) is 201 Å². The molecule has 6 heteroatoms. The summed E-state index contributed by atoms with van der Waals surface area (Å²) in [5.41, 5.74) is 30.0. The SMILES string of the molecule is CCCCCCCCC1(CCCCCCCC)c2ccccc2-c2ccc(C3=CC=C(c4ccc5c(c4)C(CCCCCC)(CCCCCC)c4cc(C6=CC=C(c7ccc8c(c7)C(CCCCCCCC)(CCCCCCCC)c7ccccc7-8)C7N[Se]NC67)ccc4-5)C4N[Se]NC34)cc21. The standard InChI is InChI=1S/C95H126N4Se2/c1-7-13-19-25-29-39-59-93(60-40-30-26-20-14-8-2)83-45-35-33-43-77(83)79-51-47-69(65-85(79)93)73-55-57-75(91-89(73)96-100-98-91)71-49-53-81-82-54-50-72(68-88(82)95(87(81)67-71,63-37-23-17-11-5)64-38-24-18-12-6)76-58-56-74(90-92(76)99-101-97-90)70-48-52-80-78-44-34-36-46-84(78)94(86(80)66-70,61-41-31-27-21-15-9-3)62-42-32-28-22-16-10-4/h33-36,43-58,65-68,89-92,96-99H,7-32,37-42,59-64H2,1-6H3. The van der Waals surface area contributed by atoms with Crippen LogP contribution in [0.1, 0.15) is 341 Å². The number of fused-ring (bicyclic) bond motifs is 11. The Morgan fingerprint density at radius 3 is 0.703 bits per heavy atom. The van der Waals surface area contributed by atoms with E-state index in [1.807, 2.05) is 0 Å². The van der Waals surface area contributed by atoms with Gasteiger partial charge in [0.1, 0.15) is 0 Å². The fourth-order valence-electron chi connectivity index (χ4n) is 20.1. The van der Waals surface area contributed by atoms with Crippen LogP contribution in [0.4, 0.5) is 0 Å². The van der Waals surface area contributed by atoms with Gasteiger partial charge in [-0.15, -0.1) is 0 Å². The molecule has 4 atom stereocenters. The Hall–Kier alpha value is -4.84. The molecule has 0 aromatic heterocycles. The summed E-state index contributed by atoms with van der Waals surface area (Å²) >= 11 is 0.256. The summed E-state index contributed by atoms with van der Waals surface area (Å²) in [4.78, 5) is 0. The molecule has 6 aromatic rings. The third-order valence-electron chi connectivity index (χ3n) is 25.6. The van der Waals surface area contributed by atoms with Crippen LogP contribution in [0.3, 0.4) is 0 Å². The predicted molar refractivity (Wildman–Crippen MR) is 439 cm³/mol. The van der Waals surface area contributed by atoms with Gasteiger partial charge in [0.05, 0.1) is 0 Å². The Morgan fingerprint density at radius 1 is 0.238 bits per heavy atom. The summed E-state index contributed by atoms with van der Waals surface area (Å²) < 4.78 is 16.5. The molecule has 0 amide bonds. The van der Waals surface area contributed by atoms with E-state index in [1.165, 1.54) is 322 Å². The normalized spacial score (nSPS) is 19.7. The molecule has 6 aromatic carbocycles. The van der Waals surface area contributed by atoms with Crippen molar-refractivity contribution in [2.24, 2.45) is 0 Å². The van der Waals surface area contributed by atoms with Crippen molar-refractivity contribution in [1.82, 2.24) is 17.3 Å². The van der Waals surface area contributed by atoms with E-state index in [9.17, 15) is 0 Å². The molecule has 2 aliphatic heterocycles. The first kappa shape index (κ1) is 74.4.